The third-order valence-electron chi connectivity index (χ3n) is 5.07. The van der Waals surface area contributed by atoms with Gasteiger partial charge in [-0.3, -0.25) is 25.0 Å². The van der Waals surface area contributed by atoms with Crippen molar-refractivity contribution in [3.8, 4) is 10.6 Å². The number of nitrogens with zero attached hydrogens (tertiary/aromatic N) is 3. The minimum absolute atomic E-state index is 0.0323. The summed E-state index contributed by atoms with van der Waals surface area (Å²) in [7, 11) is 0. The molecule has 0 bridgehead atoms. The van der Waals surface area contributed by atoms with Crippen LogP contribution in [0.1, 0.15) is 25.8 Å². The van der Waals surface area contributed by atoms with E-state index in [0.29, 0.717) is 22.1 Å². The van der Waals surface area contributed by atoms with E-state index in [1.54, 1.807) is 12.1 Å². The number of halogens is 1. The number of benzene rings is 2. The van der Waals surface area contributed by atoms with Gasteiger partial charge in [-0.1, -0.05) is 59.7 Å². The first-order valence-electron chi connectivity index (χ1n) is 10.4. The second kappa shape index (κ2) is 11.6. The molecule has 1 aromatic heterocycles. The molecule has 2 amide bonds. The summed E-state index contributed by atoms with van der Waals surface area (Å²) < 4.78 is 0.948. The Balaban J connectivity index is 1.65. The first-order valence-corrected chi connectivity index (χ1v) is 12.0. The van der Waals surface area contributed by atoms with E-state index in [0.717, 1.165) is 10.0 Å². The molecule has 0 unspecified atom stereocenters. The van der Waals surface area contributed by atoms with Crippen LogP contribution in [-0.4, -0.2) is 33.0 Å². The van der Waals surface area contributed by atoms with E-state index in [2.05, 4.69) is 36.8 Å². The fourth-order valence-corrected chi connectivity index (χ4v) is 3.96. The second-order valence-corrected chi connectivity index (χ2v) is 9.36. The van der Waals surface area contributed by atoms with Gasteiger partial charge < -0.3 is 5.32 Å². The van der Waals surface area contributed by atoms with Crippen molar-refractivity contribution in [1.82, 2.24) is 15.5 Å². The molecule has 0 aliphatic rings. The summed E-state index contributed by atoms with van der Waals surface area (Å²) in [5.74, 6) is -0.966. The predicted octanol–water partition coefficient (Wildman–Crippen LogP) is 5.06. The summed E-state index contributed by atoms with van der Waals surface area (Å²) in [5, 5.41) is 25.4. The minimum Gasteiger partial charge on any atom is -0.340 e. The molecule has 2 N–H and O–H groups in total. The van der Waals surface area contributed by atoms with Crippen molar-refractivity contribution in [2.24, 2.45) is 5.92 Å². The number of rotatable bonds is 9. The molecule has 3 aromatic rings. The van der Waals surface area contributed by atoms with Gasteiger partial charge in [0.15, 0.2) is 0 Å². The molecule has 3 rings (SSSR count). The van der Waals surface area contributed by atoms with E-state index in [1.165, 1.54) is 35.6 Å². The number of anilines is 1. The Labute approximate surface area is 208 Å². The molecular weight excluding hydrogens is 522 g/mol. The maximum Gasteiger partial charge on any atom is 0.269 e. The predicted molar refractivity (Wildman–Crippen MR) is 135 cm³/mol. The van der Waals surface area contributed by atoms with Gasteiger partial charge in [0.05, 0.1) is 4.92 Å². The Morgan fingerprint density at radius 1 is 1.15 bits per heavy atom. The molecule has 34 heavy (non-hydrogen) atoms. The molecule has 176 valence electrons. The van der Waals surface area contributed by atoms with E-state index in [1.807, 2.05) is 38.1 Å². The van der Waals surface area contributed by atoms with Crippen LogP contribution < -0.4 is 10.6 Å². The van der Waals surface area contributed by atoms with Gasteiger partial charge >= 0.3 is 0 Å². The highest BCUT2D eigenvalue weighted by Gasteiger charge is 2.26. The first-order chi connectivity index (χ1) is 16.3. The average Bonchev–Trinajstić information content (AvgIpc) is 3.29. The quantitative estimate of drug-likeness (QED) is 0.220. The van der Waals surface area contributed by atoms with Gasteiger partial charge in [0.1, 0.15) is 11.0 Å². The number of carbonyl (C=O) groups excluding carboxylic acids is 2. The molecule has 0 saturated heterocycles. The summed E-state index contributed by atoms with van der Waals surface area (Å²) in [5.41, 5.74) is 1.47. The molecule has 1 heterocycles. The standard InChI is InChI=1S/C23H22BrN5O4S/c1-3-14(2)20(25-19(30)13-6-15-4-11-18(12-5-15)29(32)33)21(31)26-23-28-27-22(34-23)16-7-9-17(24)10-8-16/h4-14,20H,3H2,1-2H3,(H,25,30)(H,26,28,31)/b13-6+/t14-,20-/m1/s1. The average molecular weight is 544 g/mol. The van der Waals surface area contributed by atoms with Gasteiger partial charge in [0.2, 0.25) is 16.9 Å². The van der Waals surface area contributed by atoms with Gasteiger partial charge in [-0.05, 0) is 41.8 Å². The molecule has 2 atom stereocenters. The van der Waals surface area contributed by atoms with Crippen LogP contribution in [0.15, 0.2) is 59.1 Å². The van der Waals surface area contributed by atoms with E-state index in [9.17, 15) is 19.7 Å². The van der Waals surface area contributed by atoms with Crippen molar-refractivity contribution in [2.45, 2.75) is 26.3 Å². The van der Waals surface area contributed by atoms with E-state index in [-0.39, 0.29) is 17.5 Å². The molecule has 0 aliphatic carbocycles. The molecule has 0 radical (unpaired) electrons. The molecule has 2 aromatic carbocycles. The lowest BCUT2D eigenvalue weighted by Gasteiger charge is -2.22. The number of non-ortho nitro benzene ring substituents is 1. The van der Waals surface area contributed by atoms with Gasteiger partial charge in [-0.2, -0.15) is 0 Å². The third kappa shape index (κ3) is 6.78. The number of nitro groups is 1. The van der Waals surface area contributed by atoms with Crippen LogP contribution in [0.3, 0.4) is 0 Å². The Morgan fingerprint density at radius 3 is 2.44 bits per heavy atom. The zero-order valence-electron chi connectivity index (χ0n) is 18.4. The van der Waals surface area contributed by atoms with E-state index in [4.69, 9.17) is 0 Å². The van der Waals surface area contributed by atoms with E-state index < -0.39 is 16.9 Å². The zero-order valence-corrected chi connectivity index (χ0v) is 20.8. The number of amides is 2. The first kappa shape index (κ1) is 25.2. The summed E-state index contributed by atoms with van der Waals surface area (Å²) in [4.78, 5) is 35.7. The van der Waals surface area contributed by atoms with Gasteiger partial charge in [-0.15, -0.1) is 10.2 Å². The molecule has 0 spiro atoms. The summed E-state index contributed by atoms with van der Waals surface area (Å²) in [6.45, 7) is 3.80. The molecule has 9 nitrogen and oxygen atoms in total. The fourth-order valence-electron chi connectivity index (χ4n) is 2.95. The zero-order chi connectivity index (χ0) is 24.7. The fraction of sp³-hybridized carbons (Fsp3) is 0.217. The van der Waals surface area contributed by atoms with Crippen LogP contribution in [0.5, 0.6) is 0 Å². The minimum atomic E-state index is -0.779. The molecule has 0 saturated carbocycles. The number of nitrogens with one attached hydrogen (secondary N) is 2. The SMILES string of the molecule is CC[C@@H](C)[C@@H](NC(=O)/C=C/c1ccc([N+](=O)[O-])cc1)C(=O)Nc1nnc(-c2ccc(Br)cc2)s1. The normalized spacial score (nSPS) is 12.8. The monoisotopic (exact) mass is 543 g/mol. The van der Waals surface area contributed by atoms with Crippen LogP contribution in [0.4, 0.5) is 10.8 Å². The number of nitro benzene ring substituents is 1. The number of aromatic nitrogens is 2. The molecule has 0 aliphatic heterocycles. The lowest BCUT2D eigenvalue weighted by atomic mass is 9.98. The van der Waals surface area contributed by atoms with Crippen LogP contribution in [-0.2, 0) is 9.59 Å². The number of hydrogen-bond acceptors (Lipinski definition) is 7. The van der Waals surface area contributed by atoms with Gasteiger partial charge in [-0.25, -0.2) is 0 Å². The second-order valence-electron chi connectivity index (χ2n) is 7.46. The van der Waals surface area contributed by atoms with Crippen LogP contribution in [0, 0.1) is 16.0 Å². The Kier molecular flexibility index (Phi) is 8.61. The Hall–Kier alpha value is -3.44. The largest absolute Gasteiger partial charge is 0.340 e. The number of carbonyl (C=O) groups is 2. The highest BCUT2D eigenvalue weighted by atomic mass is 79.9. The smallest absolute Gasteiger partial charge is 0.269 e. The maximum atomic E-state index is 12.9. The summed E-state index contributed by atoms with van der Waals surface area (Å²) in [6.07, 6.45) is 3.49. The number of hydrogen-bond donors (Lipinski definition) is 2. The lowest BCUT2D eigenvalue weighted by Crippen LogP contribution is -2.47. The molecule has 0 fully saturated rings. The van der Waals surface area contributed by atoms with Crippen molar-refractivity contribution in [3.05, 3.63) is 74.8 Å². The van der Waals surface area contributed by atoms with Crippen LogP contribution in [0.2, 0.25) is 0 Å². The van der Waals surface area contributed by atoms with Crippen molar-refractivity contribution < 1.29 is 14.5 Å². The van der Waals surface area contributed by atoms with Crippen molar-refractivity contribution in [1.29, 1.82) is 0 Å². The third-order valence-corrected chi connectivity index (χ3v) is 6.49. The van der Waals surface area contributed by atoms with E-state index >= 15 is 0 Å². The molecule has 11 heteroatoms. The Morgan fingerprint density at radius 2 is 1.82 bits per heavy atom. The summed E-state index contributed by atoms with van der Waals surface area (Å²) in [6, 6.07) is 12.6. The molecular formula is C23H22BrN5O4S. The van der Waals surface area contributed by atoms with Crippen LogP contribution >= 0.6 is 27.3 Å². The maximum absolute atomic E-state index is 12.9. The van der Waals surface area contributed by atoms with Crippen molar-refractivity contribution in [2.75, 3.05) is 5.32 Å². The lowest BCUT2D eigenvalue weighted by molar-refractivity contribution is -0.384. The highest BCUT2D eigenvalue weighted by molar-refractivity contribution is 9.10. The topological polar surface area (TPSA) is 127 Å². The van der Waals surface area contributed by atoms with Gasteiger partial charge in [0, 0.05) is 28.2 Å². The van der Waals surface area contributed by atoms with Gasteiger partial charge in [0.25, 0.3) is 5.69 Å². The highest BCUT2D eigenvalue weighted by Crippen LogP contribution is 2.27. The summed E-state index contributed by atoms with van der Waals surface area (Å²) >= 11 is 4.63. The van der Waals surface area contributed by atoms with Crippen LogP contribution in [0.25, 0.3) is 16.6 Å². The van der Waals surface area contributed by atoms with Crippen molar-refractivity contribution in [3.63, 3.8) is 0 Å². The Bertz CT molecular complexity index is 1190. The van der Waals surface area contributed by atoms with Crippen molar-refractivity contribution >= 4 is 56.0 Å².